The van der Waals surface area contributed by atoms with Crippen molar-refractivity contribution in [2.75, 3.05) is 0 Å². The Bertz CT molecular complexity index is 474. The molecule has 1 fully saturated rings. The highest BCUT2D eigenvalue weighted by Gasteiger charge is 2.33. The van der Waals surface area contributed by atoms with Crippen molar-refractivity contribution in [1.29, 1.82) is 5.26 Å². The number of nitrogens with one attached hydrogen (secondary N) is 1. The van der Waals surface area contributed by atoms with Gasteiger partial charge in [0.25, 0.3) is 0 Å². The Hall–Kier alpha value is -1.04. The molecule has 0 radical (unpaired) electrons. The lowest BCUT2D eigenvalue weighted by Gasteiger charge is -2.28. The van der Waals surface area contributed by atoms with Gasteiger partial charge in [0.2, 0.25) is 0 Å². The lowest BCUT2D eigenvalue weighted by Crippen LogP contribution is -2.37. The van der Waals surface area contributed by atoms with E-state index in [1.54, 1.807) is 6.07 Å². The second kappa shape index (κ2) is 5.30. The van der Waals surface area contributed by atoms with Gasteiger partial charge in [0, 0.05) is 17.6 Å². The van der Waals surface area contributed by atoms with Gasteiger partial charge in [-0.3, -0.25) is 0 Å². The average molecular weight is 263 g/mol. The molecule has 0 amide bonds. The zero-order valence-electron chi connectivity index (χ0n) is 11.0. The molecule has 0 aliphatic heterocycles. The molecule has 96 valence electrons. The number of benzene rings is 1. The molecule has 1 aromatic carbocycles. The van der Waals surface area contributed by atoms with Crippen LogP contribution in [0.4, 0.5) is 0 Å². The molecule has 0 saturated heterocycles. The molecule has 2 nitrogen and oxygen atoms in total. The van der Waals surface area contributed by atoms with Crippen molar-refractivity contribution < 1.29 is 0 Å². The molecule has 3 heteroatoms. The van der Waals surface area contributed by atoms with Gasteiger partial charge >= 0.3 is 0 Å². The van der Waals surface area contributed by atoms with Crippen molar-refractivity contribution in [2.24, 2.45) is 5.41 Å². The van der Waals surface area contributed by atoms with E-state index in [0.717, 1.165) is 12.1 Å². The highest BCUT2D eigenvalue weighted by molar-refractivity contribution is 6.31. The van der Waals surface area contributed by atoms with E-state index in [-0.39, 0.29) is 0 Å². The Labute approximate surface area is 114 Å². The van der Waals surface area contributed by atoms with Crippen molar-refractivity contribution in [2.45, 2.75) is 45.7 Å². The van der Waals surface area contributed by atoms with Crippen LogP contribution in [-0.4, -0.2) is 6.04 Å². The van der Waals surface area contributed by atoms with Crippen LogP contribution in [0, 0.1) is 16.7 Å². The van der Waals surface area contributed by atoms with Gasteiger partial charge in [-0.05, 0) is 36.0 Å². The van der Waals surface area contributed by atoms with Crippen LogP contribution in [0.3, 0.4) is 0 Å². The predicted octanol–water partition coefficient (Wildman–Crippen LogP) is 3.88. The van der Waals surface area contributed by atoms with Crippen LogP contribution >= 0.6 is 11.6 Å². The number of nitrogens with zero attached hydrogens (tertiary/aromatic N) is 1. The summed E-state index contributed by atoms with van der Waals surface area (Å²) in [7, 11) is 0. The third kappa shape index (κ3) is 2.85. The molecule has 1 N–H and O–H groups in total. The SMILES string of the molecule is CC1(C)CCCC1NCc1ccc(C#N)cc1Cl. The zero-order valence-corrected chi connectivity index (χ0v) is 11.7. The summed E-state index contributed by atoms with van der Waals surface area (Å²) in [5, 5.41) is 13.1. The highest BCUT2D eigenvalue weighted by atomic mass is 35.5. The van der Waals surface area contributed by atoms with Gasteiger partial charge in [-0.15, -0.1) is 0 Å². The van der Waals surface area contributed by atoms with Crippen LogP contribution < -0.4 is 5.32 Å². The van der Waals surface area contributed by atoms with Crippen molar-refractivity contribution in [1.82, 2.24) is 5.32 Å². The Morgan fingerprint density at radius 2 is 2.28 bits per heavy atom. The van der Waals surface area contributed by atoms with E-state index in [4.69, 9.17) is 16.9 Å². The number of nitriles is 1. The second-order valence-electron chi connectivity index (χ2n) is 5.73. The standard InChI is InChI=1S/C15H19ClN2/c1-15(2)7-3-4-14(15)18-10-12-6-5-11(9-17)8-13(12)16/h5-6,8,14,18H,3-4,7,10H2,1-2H3. The average Bonchev–Trinajstić information content (AvgIpc) is 2.67. The van der Waals surface area contributed by atoms with Crippen LogP contribution in [0.1, 0.15) is 44.2 Å². The molecule has 1 saturated carbocycles. The second-order valence-corrected chi connectivity index (χ2v) is 6.14. The molecule has 18 heavy (non-hydrogen) atoms. The molecule has 2 rings (SSSR count). The Morgan fingerprint density at radius 3 is 2.83 bits per heavy atom. The summed E-state index contributed by atoms with van der Waals surface area (Å²) in [6, 6.07) is 8.16. The minimum atomic E-state index is 0.374. The lowest BCUT2D eigenvalue weighted by atomic mass is 9.87. The first-order valence-corrected chi connectivity index (χ1v) is 6.82. The summed E-state index contributed by atoms with van der Waals surface area (Å²) in [5.74, 6) is 0. The number of hydrogen-bond donors (Lipinski definition) is 1. The Morgan fingerprint density at radius 1 is 1.50 bits per heavy atom. The van der Waals surface area contributed by atoms with E-state index in [1.165, 1.54) is 19.3 Å². The molecular formula is C15H19ClN2. The first-order valence-electron chi connectivity index (χ1n) is 6.45. The molecule has 1 atom stereocenters. The van der Waals surface area contributed by atoms with Crippen LogP contribution in [0.15, 0.2) is 18.2 Å². The van der Waals surface area contributed by atoms with Gasteiger partial charge in [-0.1, -0.05) is 37.9 Å². The molecule has 1 aliphatic rings. The van der Waals surface area contributed by atoms with Gasteiger partial charge < -0.3 is 5.32 Å². The van der Waals surface area contributed by atoms with Crippen LogP contribution in [0.5, 0.6) is 0 Å². The first-order chi connectivity index (χ1) is 8.53. The Balaban J connectivity index is 2.01. The fourth-order valence-corrected chi connectivity index (χ4v) is 2.95. The van der Waals surface area contributed by atoms with E-state index in [0.29, 0.717) is 22.0 Å². The molecule has 1 aromatic rings. The normalized spacial score (nSPS) is 21.8. The number of hydrogen-bond acceptors (Lipinski definition) is 2. The third-order valence-electron chi connectivity index (χ3n) is 3.98. The summed E-state index contributed by atoms with van der Waals surface area (Å²) in [5.41, 5.74) is 2.06. The molecule has 0 spiro atoms. The van der Waals surface area contributed by atoms with E-state index in [9.17, 15) is 0 Å². The fraction of sp³-hybridized carbons (Fsp3) is 0.533. The van der Waals surface area contributed by atoms with Crippen molar-refractivity contribution in [3.05, 3.63) is 34.3 Å². The molecule has 1 aliphatic carbocycles. The topological polar surface area (TPSA) is 35.8 Å². The van der Waals surface area contributed by atoms with Crippen molar-refractivity contribution in [3.8, 4) is 6.07 Å². The maximum Gasteiger partial charge on any atom is 0.0992 e. The predicted molar refractivity (Wildman–Crippen MR) is 74.4 cm³/mol. The van der Waals surface area contributed by atoms with Gasteiger partial charge in [-0.2, -0.15) is 5.26 Å². The highest BCUT2D eigenvalue weighted by Crippen LogP contribution is 2.37. The summed E-state index contributed by atoms with van der Waals surface area (Å²) >= 11 is 6.17. The minimum Gasteiger partial charge on any atom is -0.309 e. The van der Waals surface area contributed by atoms with Crippen LogP contribution in [-0.2, 0) is 6.54 Å². The maximum atomic E-state index is 8.80. The minimum absolute atomic E-state index is 0.374. The monoisotopic (exact) mass is 262 g/mol. The first kappa shape index (κ1) is 13.4. The zero-order chi connectivity index (χ0) is 13.2. The van der Waals surface area contributed by atoms with E-state index in [2.05, 4.69) is 25.2 Å². The van der Waals surface area contributed by atoms with Gasteiger partial charge in [0.05, 0.1) is 11.6 Å². The summed E-state index contributed by atoms with van der Waals surface area (Å²) in [6.45, 7) is 5.41. The van der Waals surface area contributed by atoms with Crippen molar-refractivity contribution in [3.63, 3.8) is 0 Å². The summed E-state index contributed by atoms with van der Waals surface area (Å²) < 4.78 is 0. The molecular weight excluding hydrogens is 244 g/mol. The maximum absolute atomic E-state index is 8.80. The molecule has 0 bridgehead atoms. The smallest absolute Gasteiger partial charge is 0.0992 e. The van der Waals surface area contributed by atoms with Crippen LogP contribution in [0.2, 0.25) is 5.02 Å². The third-order valence-corrected chi connectivity index (χ3v) is 4.33. The van der Waals surface area contributed by atoms with Crippen molar-refractivity contribution >= 4 is 11.6 Å². The molecule has 1 unspecified atom stereocenters. The summed E-state index contributed by atoms with van der Waals surface area (Å²) in [4.78, 5) is 0. The van der Waals surface area contributed by atoms with Crippen LogP contribution in [0.25, 0.3) is 0 Å². The van der Waals surface area contributed by atoms with E-state index >= 15 is 0 Å². The van der Waals surface area contributed by atoms with E-state index in [1.807, 2.05) is 12.1 Å². The van der Waals surface area contributed by atoms with Gasteiger partial charge in [0.15, 0.2) is 0 Å². The largest absolute Gasteiger partial charge is 0.309 e. The number of halogens is 1. The lowest BCUT2D eigenvalue weighted by molar-refractivity contribution is 0.282. The van der Waals surface area contributed by atoms with Gasteiger partial charge in [0.1, 0.15) is 0 Å². The number of rotatable bonds is 3. The fourth-order valence-electron chi connectivity index (χ4n) is 2.70. The Kier molecular flexibility index (Phi) is 3.94. The van der Waals surface area contributed by atoms with E-state index < -0.39 is 0 Å². The molecule has 0 heterocycles. The quantitative estimate of drug-likeness (QED) is 0.897. The van der Waals surface area contributed by atoms with Gasteiger partial charge in [-0.25, -0.2) is 0 Å². The molecule has 0 aromatic heterocycles. The summed E-state index contributed by atoms with van der Waals surface area (Å²) in [6.07, 6.45) is 3.82.